The number of ketones is 1. The van der Waals surface area contributed by atoms with Crippen LogP contribution < -0.4 is 5.73 Å². The minimum atomic E-state index is 0.126. The van der Waals surface area contributed by atoms with Crippen molar-refractivity contribution >= 4 is 5.78 Å². The highest BCUT2D eigenvalue weighted by Crippen LogP contribution is 2.17. The highest BCUT2D eigenvalue weighted by atomic mass is 16.1. The molecule has 0 radical (unpaired) electrons. The summed E-state index contributed by atoms with van der Waals surface area (Å²) in [5.74, 6) is 0.126. The molecule has 2 heteroatoms. The van der Waals surface area contributed by atoms with E-state index < -0.39 is 0 Å². The lowest BCUT2D eigenvalue weighted by molar-refractivity contribution is -0.113. The van der Waals surface area contributed by atoms with Crippen LogP contribution in [0.3, 0.4) is 0 Å². The molecule has 1 rings (SSSR count). The monoisotopic (exact) mass is 151 g/mol. The molecule has 0 atom stereocenters. The quantitative estimate of drug-likeness (QED) is 0.644. The van der Waals surface area contributed by atoms with Crippen molar-refractivity contribution in [1.29, 1.82) is 0 Å². The molecular weight excluding hydrogens is 138 g/mol. The predicted molar refractivity (Wildman–Crippen MR) is 45.1 cm³/mol. The summed E-state index contributed by atoms with van der Waals surface area (Å²) in [6, 6.07) is 0. The van der Waals surface area contributed by atoms with E-state index in [0.717, 1.165) is 24.0 Å². The summed E-state index contributed by atoms with van der Waals surface area (Å²) in [4.78, 5) is 11.0. The van der Waals surface area contributed by atoms with Gasteiger partial charge in [0, 0.05) is 12.1 Å². The van der Waals surface area contributed by atoms with E-state index in [1.165, 1.54) is 0 Å². The van der Waals surface area contributed by atoms with Gasteiger partial charge in [-0.05, 0) is 25.3 Å². The van der Waals surface area contributed by atoms with Crippen molar-refractivity contribution in [2.24, 2.45) is 5.73 Å². The summed E-state index contributed by atoms with van der Waals surface area (Å²) in [6.45, 7) is 2.06. The molecule has 0 heterocycles. The maximum Gasteiger partial charge on any atom is 0.159 e. The molecule has 1 aliphatic rings. The number of hydrogen-bond acceptors (Lipinski definition) is 2. The van der Waals surface area contributed by atoms with Crippen LogP contribution in [0.15, 0.2) is 23.3 Å². The first-order valence-electron chi connectivity index (χ1n) is 3.86. The topological polar surface area (TPSA) is 43.1 Å². The van der Waals surface area contributed by atoms with Crippen LogP contribution >= 0.6 is 0 Å². The molecule has 1 aliphatic carbocycles. The van der Waals surface area contributed by atoms with Crippen LogP contribution in [0.1, 0.15) is 19.8 Å². The molecule has 0 aromatic rings. The minimum Gasteiger partial charge on any atom is -0.326 e. The number of Topliss-reactive ketones (excluding diaryl/α,β-unsaturated/α-hetero) is 1. The normalized spacial score (nSPS) is 17.3. The fourth-order valence-corrected chi connectivity index (χ4v) is 1.29. The lowest BCUT2D eigenvalue weighted by Crippen LogP contribution is -2.12. The van der Waals surface area contributed by atoms with Crippen LogP contribution in [-0.4, -0.2) is 12.3 Å². The summed E-state index contributed by atoms with van der Waals surface area (Å²) in [5.41, 5.74) is 7.29. The Kier molecular flexibility index (Phi) is 2.60. The molecule has 0 fully saturated rings. The molecule has 0 bridgehead atoms. The molecule has 0 aliphatic heterocycles. The lowest BCUT2D eigenvalue weighted by atomic mass is 9.95. The summed E-state index contributed by atoms with van der Waals surface area (Å²) in [7, 11) is 0. The van der Waals surface area contributed by atoms with Crippen molar-refractivity contribution < 1.29 is 4.79 Å². The zero-order valence-electron chi connectivity index (χ0n) is 6.76. The number of carbonyl (C=O) groups is 1. The smallest absolute Gasteiger partial charge is 0.159 e. The minimum absolute atomic E-state index is 0.126. The lowest BCUT2D eigenvalue weighted by Gasteiger charge is -2.11. The maximum absolute atomic E-state index is 11.0. The standard InChI is InChI=1S/C9H13NO/c1-7(11)9-5-3-2-4-8(9)6-10/h4-5H,2-3,6,10H2,1H3. The van der Waals surface area contributed by atoms with Crippen LogP contribution in [0.4, 0.5) is 0 Å². The molecule has 0 saturated heterocycles. The Morgan fingerprint density at radius 1 is 1.55 bits per heavy atom. The number of hydrogen-bond donors (Lipinski definition) is 1. The molecule has 0 amide bonds. The summed E-state index contributed by atoms with van der Waals surface area (Å²) >= 11 is 0. The van der Waals surface area contributed by atoms with Gasteiger partial charge in [-0.2, -0.15) is 0 Å². The first-order chi connectivity index (χ1) is 5.25. The molecule has 60 valence electrons. The van der Waals surface area contributed by atoms with Gasteiger partial charge < -0.3 is 5.73 Å². The Hall–Kier alpha value is -0.890. The van der Waals surface area contributed by atoms with Gasteiger partial charge in [-0.25, -0.2) is 0 Å². The Labute approximate surface area is 66.8 Å². The number of nitrogens with two attached hydrogens (primary N) is 1. The Morgan fingerprint density at radius 3 is 2.64 bits per heavy atom. The largest absolute Gasteiger partial charge is 0.326 e. The van der Waals surface area contributed by atoms with Crippen LogP contribution in [0.5, 0.6) is 0 Å². The second-order valence-corrected chi connectivity index (χ2v) is 2.68. The van der Waals surface area contributed by atoms with Gasteiger partial charge in [0.25, 0.3) is 0 Å². The Balaban J connectivity index is 2.83. The number of allylic oxidation sites excluding steroid dienone is 2. The molecule has 11 heavy (non-hydrogen) atoms. The van der Waals surface area contributed by atoms with Crippen molar-refractivity contribution in [2.75, 3.05) is 6.54 Å². The van der Waals surface area contributed by atoms with Crippen LogP contribution in [0, 0.1) is 0 Å². The molecule has 0 unspecified atom stereocenters. The summed E-state index contributed by atoms with van der Waals surface area (Å²) < 4.78 is 0. The van der Waals surface area contributed by atoms with Crippen molar-refractivity contribution in [2.45, 2.75) is 19.8 Å². The summed E-state index contributed by atoms with van der Waals surface area (Å²) in [5, 5.41) is 0. The van der Waals surface area contributed by atoms with Gasteiger partial charge in [0.05, 0.1) is 0 Å². The second-order valence-electron chi connectivity index (χ2n) is 2.68. The van der Waals surface area contributed by atoms with Gasteiger partial charge in [0.15, 0.2) is 5.78 Å². The van der Waals surface area contributed by atoms with Crippen LogP contribution in [-0.2, 0) is 4.79 Å². The van der Waals surface area contributed by atoms with Crippen molar-refractivity contribution in [3.63, 3.8) is 0 Å². The molecule has 0 saturated carbocycles. The van der Waals surface area contributed by atoms with E-state index in [2.05, 4.69) is 6.08 Å². The van der Waals surface area contributed by atoms with E-state index >= 15 is 0 Å². The average Bonchev–Trinajstić information content (AvgIpc) is 2.04. The fraction of sp³-hybridized carbons (Fsp3) is 0.444. The van der Waals surface area contributed by atoms with Gasteiger partial charge in [-0.3, -0.25) is 4.79 Å². The van der Waals surface area contributed by atoms with Gasteiger partial charge in [-0.1, -0.05) is 12.2 Å². The van der Waals surface area contributed by atoms with Gasteiger partial charge in [0.1, 0.15) is 0 Å². The number of rotatable bonds is 2. The third-order valence-corrected chi connectivity index (χ3v) is 1.85. The molecule has 2 N–H and O–H groups in total. The van der Waals surface area contributed by atoms with E-state index in [1.54, 1.807) is 6.92 Å². The maximum atomic E-state index is 11.0. The third kappa shape index (κ3) is 1.77. The van der Waals surface area contributed by atoms with E-state index in [-0.39, 0.29) is 5.78 Å². The second kappa shape index (κ2) is 3.49. The van der Waals surface area contributed by atoms with Gasteiger partial charge >= 0.3 is 0 Å². The van der Waals surface area contributed by atoms with Crippen molar-refractivity contribution in [1.82, 2.24) is 0 Å². The first kappa shape index (κ1) is 8.21. The van der Waals surface area contributed by atoms with E-state index in [9.17, 15) is 4.79 Å². The van der Waals surface area contributed by atoms with Crippen LogP contribution in [0.25, 0.3) is 0 Å². The number of carbonyl (C=O) groups excluding carboxylic acids is 1. The van der Waals surface area contributed by atoms with Crippen LogP contribution in [0.2, 0.25) is 0 Å². The van der Waals surface area contributed by atoms with Gasteiger partial charge in [0.2, 0.25) is 0 Å². The summed E-state index contributed by atoms with van der Waals surface area (Å²) in [6.07, 6.45) is 6.02. The van der Waals surface area contributed by atoms with E-state index in [4.69, 9.17) is 5.73 Å². The van der Waals surface area contributed by atoms with E-state index in [1.807, 2.05) is 6.08 Å². The first-order valence-corrected chi connectivity index (χ1v) is 3.86. The third-order valence-electron chi connectivity index (χ3n) is 1.85. The Morgan fingerprint density at radius 2 is 2.18 bits per heavy atom. The van der Waals surface area contributed by atoms with Crippen molar-refractivity contribution in [3.05, 3.63) is 23.3 Å². The zero-order valence-corrected chi connectivity index (χ0v) is 6.76. The SMILES string of the molecule is CC(=O)C1=CCCC=C1CN. The Bertz CT molecular complexity index is 226. The molecule has 0 aromatic heterocycles. The molecular formula is C9H13NO. The highest BCUT2D eigenvalue weighted by molar-refractivity contribution is 5.97. The predicted octanol–water partition coefficient (Wildman–Crippen LogP) is 1.18. The zero-order chi connectivity index (χ0) is 8.27. The van der Waals surface area contributed by atoms with Gasteiger partial charge in [-0.15, -0.1) is 0 Å². The molecule has 2 nitrogen and oxygen atoms in total. The fourth-order valence-electron chi connectivity index (χ4n) is 1.29. The highest BCUT2D eigenvalue weighted by Gasteiger charge is 2.10. The molecule has 0 aromatic carbocycles. The van der Waals surface area contributed by atoms with E-state index in [0.29, 0.717) is 6.54 Å². The van der Waals surface area contributed by atoms with Crippen molar-refractivity contribution in [3.8, 4) is 0 Å². The molecule has 0 spiro atoms. The average molecular weight is 151 g/mol.